The van der Waals surface area contributed by atoms with Gasteiger partial charge >= 0.3 is 0 Å². The normalized spacial score (nSPS) is 21.2. The van der Waals surface area contributed by atoms with Crippen molar-refractivity contribution in [1.29, 1.82) is 0 Å². The SMILES string of the molecule is Cc1ccc(C)c(NC(=O)[C@@H](C)[NH+]2CC[NH+](Cc3ccccc3)CC2)c1. The zero-order valence-corrected chi connectivity index (χ0v) is 16.1. The van der Waals surface area contributed by atoms with Crippen molar-refractivity contribution < 1.29 is 14.6 Å². The topological polar surface area (TPSA) is 38.0 Å². The Hall–Kier alpha value is -2.17. The summed E-state index contributed by atoms with van der Waals surface area (Å²) in [6.45, 7) is 11.6. The Morgan fingerprint density at radius 3 is 2.42 bits per heavy atom. The van der Waals surface area contributed by atoms with Gasteiger partial charge in [-0.3, -0.25) is 4.79 Å². The van der Waals surface area contributed by atoms with E-state index >= 15 is 0 Å². The molecule has 0 aromatic heterocycles. The van der Waals surface area contributed by atoms with E-state index in [9.17, 15) is 4.79 Å². The number of carbonyl (C=O) groups is 1. The van der Waals surface area contributed by atoms with Gasteiger partial charge in [-0.15, -0.1) is 0 Å². The molecule has 0 bridgehead atoms. The average molecular weight is 354 g/mol. The predicted octanol–water partition coefficient (Wildman–Crippen LogP) is 0.614. The summed E-state index contributed by atoms with van der Waals surface area (Å²) in [5.41, 5.74) is 4.62. The fourth-order valence-corrected chi connectivity index (χ4v) is 3.72. The van der Waals surface area contributed by atoms with Gasteiger partial charge in [-0.25, -0.2) is 0 Å². The van der Waals surface area contributed by atoms with E-state index < -0.39 is 0 Å². The second kappa shape index (κ2) is 8.47. The van der Waals surface area contributed by atoms with Crippen LogP contribution in [0.15, 0.2) is 48.5 Å². The fourth-order valence-electron chi connectivity index (χ4n) is 3.72. The molecule has 1 amide bonds. The van der Waals surface area contributed by atoms with Crippen LogP contribution in [-0.4, -0.2) is 38.1 Å². The van der Waals surface area contributed by atoms with Crippen LogP contribution in [0.25, 0.3) is 0 Å². The Morgan fingerprint density at radius 2 is 1.73 bits per heavy atom. The summed E-state index contributed by atoms with van der Waals surface area (Å²) < 4.78 is 0. The van der Waals surface area contributed by atoms with Crippen LogP contribution in [0.3, 0.4) is 0 Å². The Labute approximate surface area is 156 Å². The molecule has 1 saturated heterocycles. The molecule has 0 radical (unpaired) electrons. The summed E-state index contributed by atoms with van der Waals surface area (Å²) in [6, 6.07) is 16.9. The van der Waals surface area contributed by atoms with Crippen LogP contribution < -0.4 is 15.1 Å². The number of amides is 1. The van der Waals surface area contributed by atoms with E-state index in [1.54, 1.807) is 4.90 Å². The smallest absolute Gasteiger partial charge is 0.282 e. The fraction of sp³-hybridized carbons (Fsp3) is 0.409. The lowest BCUT2D eigenvalue weighted by molar-refractivity contribution is -1.02. The third kappa shape index (κ3) is 4.71. The highest BCUT2D eigenvalue weighted by Gasteiger charge is 2.31. The highest BCUT2D eigenvalue weighted by molar-refractivity contribution is 5.94. The lowest BCUT2D eigenvalue weighted by Crippen LogP contribution is -3.29. The monoisotopic (exact) mass is 353 g/mol. The van der Waals surface area contributed by atoms with Crippen LogP contribution in [-0.2, 0) is 11.3 Å². The van der Waals surface area contributed by atoms with E-state index in [2.05, 4.69) is 67.7 Å². The molecule has 4 nitrogen and oxygen atoms in total. The van der Waals surface area contributed by atoms with Gasteiger partial charge in [0.25, 0.3) is 5.91 Å². The first-order chi connectivity index (χ1) is 12.5. The molecular weight excluding hydrogens is 322 g/mol. The van der Waals surface area contributed by atoms with Crippen molar-refractivity contribution >= 4 is 11.6 Å². The third-order valence-corrected chi connectivity index (χ3v) is 5.55. The third-order valence-electron chi connectivity index (χ3n) is 5.55. The van der Waals surface area contributed by atoms with E-state index in [0.29, 0.717) is 0 Å². The zero-order chi connectivity index (χ0) is 18.5. The number of hydrogen-bond donors (Lipinski definition) is 3. The standard InChI is InChI=1S/C22H29N3O/c1-17-9-10-18(2)21(15-17)23-22(26)19(3)25-13-11-24(12-14-25)16-20-7-5-4-6-8-20/h4-10,15,19H,11-14,16H2,1-3H3,(H,23,26)/p+2/t19-/m1/s1. The number of hydrogen-bond acceptors (Lipinski definition) is 1. The molecule has 0 aliphatic carbocycles. The van der Waals surface area contributed by atoms with E-state index in [0.717, 1.165) is 44.0 Å². The predicted molar refractivity (Wildman–Crippen MR) is 106 cm³/mol. The number of nitrogens with one attached hydrogen (secondary N) is 3. The van der Waals surface area contributed by atoms with E-state index in [-0.39, 0.29) is 11.9 Å². The summed E-state index contributed by atoms with van der Waals surface area (Å²) in [5.74, 6) is 0.125. The van der Waals surface area contributed by atoms with Gasteiger partial charge < -0.3 is 15.1 Å². The Bertz CT molecular complexity index is 736. The Morgan fingerprint density at radius 1 is 1.04 bits per heavy atom. The number of quaternary nitrogens is 2. The number of rotatable bonds is 5. The van der Waals surface area contributed by atoms with E-state index in [1.165, 1.54) is 16.0 Å². The highest BCUT2D eigenvalue weighted by atomic mass is 16.2. The van der Waals surface area contributed by atoms with Gasteiger partial charge in [0.1, 0.15) is 32.7 Å². The molecular formula is C22H31N3O+2. The summed E-state index contributed by atoms with van der Waals surface area (Å²) in [6.07, 6.45) is 0. The number of aryl methyl sites for hydroxylation is 2. The maximum absolute atomic E-state index is 12.7. The Balaban J connectivity index is 1.52. The quantitative estimate of drug-likeness (QED) is 0.724. The van der Waals surface area contributed by atoms with Crippen LogP contribution in [0.5, 0.6) is 0 Å². The maximum Gasteiger partial charge on any atom is 0.282 e. The van der Waals surface area contributed by atoms with Crippen LogP contribution in [0.2, 0.25) is 0 Å². The van der Waals surface area contributed by atoms with Crippen LogP contribution in [0.4, 0.5) is 5.69 Å². The van der Waals surface area contributed by atoms with Gasteiger partial charge in [0.15, 0.2) is 6.04 Å². The first kappa shape index (κ1) is 18.6. The molecule has 1 fully saturated rings. The molecule has 0 saturated carbocycles. The molecule has 1 aliphatic heterocycles. The number of anilines is 1. The van der Waals surface area contributed by atoms with Crippen molar-refractivity contribution in [3.63, 3.8) is 0 Å². The first-order valence-electron chi connectivity index (χ1n) is 9.63. The summed E-state index contributed by atoms with van der Waals surface area (Å²) in [7, 11) is 0. The highest BCUT2D eigenvalue weighted by Crippen LogP contribution is 2.16. The number of benzene rings is 2. The van der Waals surface area contributed by atoms with Gasteiger partial charge in [-0.1, -0.05) is 42.5 Å². The molecule has 1 aliphatic rings. The van der Waals surface area contributed by atoms with Gasteiger partial charge in [0.2, 0.25) is 0 Å². The lowest BCUT2D eigenvalue weighted by atomic mass is 10.1. The molecule has 3 rings (SSSR count). The first-order valence-corrected chi connectivity index (χ1v) is 9.63. The van der Waals surface area contributed by atoms with Gasteiger partial charge in [-0.2, -0.15) is 0 Å². The van der Waals surface area contributed by atoms with Crippen molar-refractivity contribution in [2.24, 2.45) is 0 Å². The zero-order valence-electron chi connectivity index (χ0n) is 16.1. The van der Waals surface area contributed by atoms with Crippen LogP contribution >= 0.6 is 0 Å². The van der Waals surface area contributed by atoms with Gasteiger partial charge in [0.05, 0.1) is 0 Å². The van der Waals surface area contributed by atoms with Crippen molar-refractivity contribution in [3.8, 4) is 0 Å². The summed E-state index contributed by atoms with van der Waals surface area (Å²) in [5, 5.41) is 3.13. The van der Waals surface area contributed by atoms with E-state index in [4.69, 9.17) is 0 Å². The second-order valence-electron chi connectivity index (χ2n) is 7.60. The lowest BCUT2D eigenvalue weighted by Gasteiger charge is -2.32. The van der Waals surface area contributed by atoms with Gasteiger partial charge in [0, 0.05) is 11.3 Å². The van der Waals surface area contributed by atoms with Crippen LogP contribution in [0, 0.1) is 13.8 Å². The minimum absolute atomic E-state index is 0.0202. The second-order valence-corrected chi connectivity index (χ2v) is 7.60. The van der Waals surface area contributed by atoms with Gasteiger partial charge in [-0.05, 0) is 38.0 Å². The Kier molecular flexibility index (Phi) is 6.07. The van der Waals surface area contributed by atoms with Crippen molar-refractivity contribution in [2.45, 2.75) is 33.4 Å². The molecule has 26 heavy (non-hydrogen) atoms. The molecule has 2 aromatic carbocycles. The minimum Gasteiger partial charge on any atom is -0.322 e. The van der Waals surface area contributed by atoms with Crippen molar-refractivity contribution in [1.82, 2.24) is 0 Å². The molecule has 3 N–H and O–H groups in total. The van der Waals surface area contributed by atoms with Crippen LogP contribution in [0.1, 0.15) is 23.6 Å². The molecule has 1 atom stereocenters. The van der Waals surface area contributed by atoms with Crippen molar-refractivity contribution in [3.05, 3.63) is 65.2 Å². The largest absolute Gasteiger partial charge is 0.322 e. The van der Waals surface area contributed by atoms with Crippen molar-refractivity contribution in [2.75, 3.05) is 31.5 Å². The molecule has 1 heterocycles. The average Bonchev–Trinajstić information content (AvgIpc) is 2.65. The summed E-state index contributed by atoms with van der Waals surface area (Å²) in [4.78, 5) is 15.7. The van der Waals surface area contributed by atoms with E-state index in [1.807, 2.05) is 6.92 Å². The molecule has 4 heteroatoms. The molecule has 0 spiro atoms. The minimum atomic E-state index is -0.0202. The number of carbonyl (C=O) groups excluding carboxylic acids is 1. The number of piperazine rings is 1. The summed E-state index contributed by atoms with van der Waals surface area (Å²) >= 11 is 0. The molecule has 2 aromatic rings. The molecule has 0 unspecified atom stereocenters. The maximum atomic E-state index is 12.7. The molecule has 138 valence electrons.